The first-order chi connectivity index (χ1) is 6.95. The second-order valence-corrected chi connectivity index (χ2v) is 2.63. The Balaban J connectivity index is 2.24. The zero-order chi connectivity index (χ0) is 9.64. The van der Waals surface area contributed by atoms with Gasteiger partial charge in [0.25, 0.3) is 0 Å². The number of aromatic nitrogens is 2. The molecule has 1 aromatic carbocycles. The second-order valence-electron chi connectivity index (χ2n) is 2.63. The fourth-order valence-corrected chi connectivity index (χ4v) is 0.970. The van der Waals surface area contributed by atoms with Crippen molar-refractivity contribution in [3.05, 3.63) is 60.2 Å². The maximum Gasteiger partial charge on any atom is 0.131 e. The fraction of sp³-hybridized carbons (Fsp3) is 0. The molecule has 0 saturated carbocycles. The largest absolute Gasteiger partial charge is 0.260 e. The summed E-state index contributed by atoms with van der Waals surface area (Å²) in [4.78, 5) is 7.98. The molecule has 1 radical (unpaired) electrons. The molecule has 2 aromatic rings. The average molecular weight is 179 g/mol. The summed E-state index contributed by atoms with van der Waals surface area (Å²) in [6, 6.07) is 10.4. The summed E-state index contributed by atoms with van der Waals surface area (Å²) < 4.78 is 0. The van der Waals surface area contributed by atoms with Crippen molar-refractivity contribution in [3.8, 4) is 11.8 Å². The number of nitrogens with zero attached hydrogens (tertiary/aromatic N) is 2. The smallest absolute Gasteiger partial charge is 0.131 e. The summed E-state index contributed by atoms with van der Waals surface area (Å²) in [5.74, 6) is 5.91. The molecule has 0 unspecified atom stereocenters. The normalized spacial score (nSPS) is 8.86. The Hall–Kier alpha value is -2.14. The SMILES string of the molecule is C(#Cc1cnccn1)c1cc[c]cc1. The van der Waals surface area contributed by atoms with E-state index in [1.807, 2.05) is 24.3 Å². The van der Waals surface area contributed by atoms with Crippen LogP contribution in [0.1, 0.15) is 11.3 Å². The molecule has 0 saturated heterocycles. The second kappa shape index (κ2) is 4.20. The summed E-state index contributed by atoms with van der Waals surface area (Å²) >= 11 is 0. The minimum Gasteiger partial charge on any atom is -0.260 e. The lowest BCUT2D eigenvalue weighted by molar-refractivity contribution is 1.17. The van der Waals surface area contributed by atoms with Gasteiger partial charge in [0.2, 0.25) is 0 Å². The van der Waals surface area contributed by atoms with Crippen LogP contribution in [0, 0.1) is 17.9 Å². The predicted molar refractivity (Wildman–Crippen MR) is 53.3 cm³/mol. The Bertz CT molecular complexity index is 408. The van der Waals surface area contributed by atoms with Gasteiger partial charge in [-0.3, -0.25) is 4.98 Å². The molecule has 2 heteroatoms. The molecule has 0 aliphatic carbocycles. The van der Waals surface area contributed by atoms with Crippen molar-refractivity contribution in [2.24, 2.45) is 0 Å². The lowest BCUT2D eigenvalue weighted by atomic mass is 10.2. The lowest BCUT2D eigenvalue weighted by Gasteiger charge is -1.87. The number of benzene rings is 1. The van der Waals surface area contributed by atoms with Crippen LogP contribution in [0.15, 0.2) is 42.9 Å². The summed E-state index contributed by atoms with van der Waals surface area (Å²) in [5, 5.41) is 0. The standard InChI is InChI=1S/C12H7N2/c1-2-4-11(5-3-1)6-7-12-10-13-8-9-14-12/h2-5,8-10H. The van der Waals surface area contributed by atoms with E-state index in [0.717, 1.165) is 5.56 Å². The molecule has 0 fully saturated rings. The van der Waals surface area contributed by atoms with E-state index in [-0.39, 0.29) is 0 Å². The van der Waals surface area contributed by atoms with Gasteiger partial charge in [-0.1, -0.05) is 18.1 Å². The van der Waals surface area contributed by atoms with Gasteiger partial charge in [0.1, 0.15) is 5.69 Å². The third-order valence-corrected chi connectivity index (χ3v) is 1.62. The van der Waals surface area contributed by atoms with Crippen molar-refractivity contribution in [2.75, 3.05) is 0 Å². The van der Waals surface area contributed by atoms with Gasteiger partial charge in [-0.05, 0) is 24.1 Å². The summed E-state index contributed by atoms with van der Waals surface area (Å²) in [6.45, 7) is 0. The van der Waals surface area contributed by atoms with E-state index >= 15 is 0 Å². The zero-order valence-corrected chi connectivity index (χ0v) is 7.44. The van der Waals surface area contributed by atoms with Gasteiger partial charge in [0, 0.05) is 18.0 Å². The highest BCUT2D eigenvalue weighted by Gasteiger charge is 1.85. The maximum absolute atomic E-state index is 4.05. The van der Waals surface area contributed by atoms with Gasteiger partial charge < -0.3 is 0 Å². The van der Waals surface area contributed by atoms with Crippen molar-refractivity contribution in [3.63, 3.8) is 0 Å². The molecule has 0 aliphatic rings. The number of rotatable bonds is 0. The monoisotopic (exact) mass is 179 g/mol. The molecule has 1 aromatic heterocycles. The molecule has 0 spiro atoms. The van der Waals surface area contributed by atoms with Gasteiger partial charge >= 0.3 is 0 Å². The Morgan fingerprint density at radius 2 is 1.93 bits per heavy atom. The van der Waals surface area contributed by atoms with E-state index in [9.17, 15) is 0 Å². The molecular formula is C12H7N2. The van der Waals surface area contributed by atoms with Gasteiger partial charge in [-0.2, -0.15) is 0 Å². The quantitative estimate of drug-likeness (QED) is 0.575. The minimum absolute atomic E-state index is 0.681. The average Bonchev–Trinajstić information content (AvgIpc) is 2.29. The van der Waals surface area contributed by atoms with Gasteiger partial charge in [0.15, 0.2) is 0 Å². The van der Waals surface area contributed by atoms with Crippen LogP contribution in [0.25, 0.3) is 0 Å². The molecular weight excluding hydrogens is 172 g/mol. The van der Waals surface area contributed by atoms with Crippen LogP contribution in [0.4, 0.5) is 0 Å². The Morgan fingerprint density at radius 1 is 1.07 bits per heavy atom. The lowest BCUT2D eigenvalue weighted by Crippen LogP contribution is -1.82. The molecule has 0 atom stereocenters. The van der Waals surface area contributed by atoms with Crippen LogP contribution in [-0.4, -0.2) is 9.97 Å². The van der Waals surface area contributed by atoms with Gasteiger partial charge in [-0.15, -0.1) is 0 Å². The van der Waals surface area contributed by atoms with Crippen LogP contribution >= 0.6 is 0 Å². The first-order valence-electron chi connectivity index (χ1n) is 4.19. The zero-order valence-electron chi connectivity index (χ0n) is 7.44. The number of hydrogen-bond acceptors (Lipinski definition) is 2. The van der Waals surface area contributed by atoms with Crippen LogP contribution in [0.5, 0.6) is 0 Å². The van der Waals surface area contributed by atoms with Crippen LogP contribution < -0.4 is 0 Å². The third kappa shape index (κ3) is 2.18. The Labute approximate surface area is 82.7 Å². The van der Waals surface area contributed by atoms with E-state index in [0.29, 0.717) is 5.69 Å². The van der Waals surface area contributed by atoms with E-state index < -0.39 is 0 Å². The van der Waals surface area contributed by atoms with E-state index in [2.05, 4.69) is 27.9 Å². The molecule has 0 N–H and O–H groups in total. The van der Waals surface area contributed by atoms with Gasteiger partial charge in [-0.25, -0.2) is 4.98 Å². The van der Waals surface area contributed by atoms with E-state index in [1.165, 1.54) is 0 Å². The minimum atomic E-state index is 0.681. The summed E-state index contributed by atoms with van der Waals surface area (Å²) in [7, 11) is 0. The van der Waals surface area contributed by atoms with Crippen LogP contribution in [-0.2, 0) is 0 Å². The molecule has 2 rings (SSSR count). The molecule has 0 bridgehead atoms. The van der Waals surface area contributed by atoms with Crippen LogP contribution in [0.3, 0.4) is 0 Å². The summed E-state index contributed by atoms with van der Waals surface area (Å²) in [5.41, 5.74) is 1.63. The van der Waals surface area contributed by atoms with Crippen molar-refractivity contribution in [1.29, 1.82) is 0 Å². The first-order valence-corrected chi connectivity index (χ1v) is 4.19. The Morgan fingerprint density at radius 3 is 2.64 bits per heavy atom. The van der Waals surface area contributed by atoms with E-state index in [4.69, 9.17) is 0 Å². The molecule has 2 nitrogen and oxygen atoms in total. The molecule has 0 amide bonds. The third-order valence-electron chi connectivity index (χ3n) is 1.62. The van der Waals surface area contributed by atoms with Gasteiger partial charge in [0.05, 0.1) is 6.20 Å². The Kier molecular flexibility index (Phi) is 2.54. The number of hydrogen-bond donors (Lipinski definition) is 0. The highest BCUT2D eigenvalue weighted by molar-refractivity contribution is 5.38. The highest BCUT2D eigenvalue weighted by atomic mass is 14.7. The topological polar surface area (TPSA) is 25.8 Å². The van der Waals surface area contributed by atoms with Crippen molar-refractivity contribution >= 4 is 0 Å². The van der Waals surface area contributed by atoms with Crippen molar-refractivity contribution in [1.82, 2.24) is 9.97 Å². The van der Waals surface area contributed by atoms with Crippen LogP contribution in [0.2, 0.25) is 0 Å². The van der Waals surface area contributed by atoms with E-state index in [1.54, 1.807) is 18.6 Å². The fourth-order valence-electron chi connectivity index (χ4n) is 0.970. The van der Waals surface area contributed by atoms with Crippen molar-refractivity contribution in [2.45, 2.75) is 0 Å². The first kappa shape index (κ1) is 8.46. The molecule has 14 heavy (non-hydrogen) atoms. The molecule has 65 valence electrons. The highest BCUT2D eigenvalue weighted by Crippen LogP contribution is 1.95. The maximum atomic E-state index is 4.05. The summed E-state index contributed by atoms with van der Waals surface area (Å²) in [6.07, 6.45) is 4.90. The molecule has 0 aliphatic heterocycles. The van der Waals surface area contributed by atoms with Crippen molar-refractivity contribution < 1.29 is 0 Å². The predicted octanol–water partition coefficient (Wildman–Crippen LogP) is 1.68. The molecule has 1 heterocycles.